The molecule has 0 aromatic carbocycles. The van der Waals surface area contributed by atoms with Gasteiger partial charge < -0.3 is 15.0 Å². The average Bonchev–Trinajstić information content (AvgIpc) is 2.94. The first kappa shape index (κ1) is 16.3. The second-order valence-corrected chi connectivity index (χ2v) is 5.74. The largest absolute Gasteiger partial charge is 0.375 e. The molecule has 0 radical (unpaired) electrons. The first-order valence-corrected chi connectivity index (χ1v) is 7.51. The van der Waals surface area contributed by atoms with Gasteiger partial charge in [-0.15, -0.1) is 0 Å². The monoisotopic (exact) mass is 303 g/mol. The van der Waals surface area contributed by atoms with Gasteiger partial charge in [0.05, 0.1) is 12.1 Å². The van der Waals surface area contributed by atoms with E-state index in [1.165, 1.54) is 6.42 Å². The van der Waals surface area contributed by atoms with Crippen molar-refractivity contribution in [3.63, 3.8) is 0 Å². The first-order chi connectivity index (χ1) is 10.0. The molecule has 0 amide bonds. The summed E-state index contributed by atoms with van der Waals surface area (Å²) in [7, 11) is 0. The molecule has 1 aromatic rings. The van der Waals surface area contributed by atoms with Gasteiger partial charge in [-0.3, -0.25) is 0 Å². The van der Waals surface area contributed by atoms with Crippen molar-refractivity contribution in [2.75, 3.05) is 13.2 Å². The fourth-order valence-electron chi connectivity index (χ4n) is 2.71. The third kappa shape index (κ3) is 4.44. The molecule has 0 unspecified atom stereocenters. The Hall–Kier alpha value is -1.08. The maximum absolute atomic E-state index is 11.9. The summed E-state index contributed by atoms with van der Waals surface area (Å²) >= 11 is 0. The van der Waals surface area contributed by atoms with Gasteiger partial charge in [0.15, 0.2) is 5.82 Å². The van der Waals surface area contributed by atoms with Gasteiger partial charge in [-0.2, -0.15) is 4.98 Å². The van der Waals surface area contributed by atoms with Crippen molar-refractivity contribution < 1.29 is 18.0 Å². The van der Waals surface area contributed by atoms with E-state index in [9.17, 15) is 8.78 Å². The van der Waals surface area contributed by atoms with Crippen LogP contribution in [0.3, 0.4) is 0 Å². The van der Waals surface area contributed by atoms with Gasteiger partial charge in [0.1, 0.15) is 6.61 Å². The van der Waals surface area contributed by atoms with Crippen molar-refractivity contribution in [2.45, 2.75) is 57.4 Å². The number of aromatic nitrogens is 2. The van der Waals surface area contributed by atoms with Crippen molar-refractivity contribution in [3.05, 3.63) is 11.7 Å². The van der Waals surface area contributed by atoms with Crippen LogP contribution in [0.15, 0.2) is 4.52 Å². The number of hydrogen-bond acceptors (Lipinski definition) is 5. The molecular formula is C14H23F2N3O2. The number of nitrogens with two attached hydrogens (primary N) is 1. The second kappa shape index (κ2) is 7.26. The number of halogens is 2. The van der Waals surface area contributed by atoms with Crippen LogP contribution >= 0.6 is 0 Å². The van der Waals surface area contributed by atoms with Crippen LogP contribution in [0.1, 0.15) is 50.7 Å². The van der Waals surface area contributed by atoms with Gasteiger partial charge in [0.25, 0.3) is 6.43 Å². The highest BCUT2D eigenvalue weighted by Crippen LogP contribution is 2.37. The molecule has 120 valence electrons. The van der Waals surface area contributed by atoms with Crippen LogP contribution in [0.4, 0.5) is 8.78 Å². The molecule has 1 fully saturated rings. The minimum atomic E-state index is -2.45. The molecule has 0 aliphatic heterocycles. The Labute approximate surface area is 123 Å². The van der Waals surface area contributed by atoms with Gasteiger partial charge in [0.2, 0.25) is 5.89 Å². The van der Waals surface area contributed by atoms with E-state index in [2.05, 4.69) is 17.1 Å². The number of rotatable bonds is 7. The summed E-state index contributed by atoms with van der Waals surface area (Å²) in [5.41, 5.74) is 5.84. The molecule has 1 aliphatic carbocycles. The molecule has 1 aromatic heterocycles. The van der Waals surface area contributed by atoms with Crippen molar-refractivity contribution in [1.29, 1.82) is 0 Å². The number of hydrogen-bond donors (Lipinski definition) is 1. The Balaban J connectivity index is 1.84. The van der Waals surface area contributed by atoms with Crippen LogP contribution in [0.25, 0.3) is 0 Å². The quantitative estimate of drug-likeness (QED) is 0.784. The SMILES string of the molecule is CCC1CCC(N)(c2nc(CCOCC(F)F)no2)CC1. The van der Waals surface area contributed by atoms with Gasteiger partial charge in [-0.1, -0.05) is 18.5 Å². The van der Waals surface area contributed by atoms with Crippen LogP contribution in [0.2, 0.25) is 0 Å². The highest BCUT2D eigenvalue weighted by molar-refractivity contribution is 5.04. The molecule has 7 heteroatoms. The lowest BCUT2D eigenvalue weighted by Crippen LogP contribution is -2.40. The zero-order valence-corrected chi connectivity index (χ0v) is 12.4. The van der Waals surface area contributed by atoms with Gasteiger partial charge in [-0.25, -0.2) is 8.78 Å². The van der Waals surface area contributed by atoms with Gasteiger partial charge in [0, 0.05) is 6.42 Å². The van der Waals surface area contributed by atoms with Crippen LogP contribution in [0, 0.1) is 5.92 Å². The predicted octanol–water partition coefficient (Wildman–Crippen LogP) is 2.65. The standard InChI is InChI=1S/C14H23F2N3O2/c1-2-10-3-6-14(17,7-4-10)13-18-12(19-21-13)5-8-20-9-11(15)16/h10-11H,2-9,17H2,1H3. The van der Waals surface area contributed by atoms with E-state index >= 15 is 0 Å². The van der Waals surface area contributed by atoms with E-state index in [0.29, 0.717) is 18.1 Å². The van der Waals surface area contributed by atoms with E-state index in [1.54, 1.807) is 0 Å². The van der Waals surface area contributed by atoms with E-state index in [-0.39, 0.29) is 6.61 Å². The summed E-state index contributed by atoms with van der Waals surface area (Å²) in [5.74, 6) is 1.65. The predicted molar refractivity (Wildman–Crippen MR) is 72.9 cm³/mol. The van der Waals surface area contributed by atoms with Crippen LogP contribution < -0.4 is 5.73 Å². The molecule has 1 saturated carbocycles. The van der Waals surface area contributed by atoms with Crippen LogP contribution in [0.5, 0.6) is 0 Å². The Kier molecular flexibility index (Phi) is 5.64. The Morgan fingerprint density at radius 2 is 2.14 bits per heavy atom. The average molecular weight is 303 g/mol. The topological polar surface area (TPSA) is 74.2 Å². The maximum Gasteiger partial charge on any atom is 0.261 e. The summed E-state index contributed by atoms with van der Waals surface area (Å²) in [6.45, 7) is 1.78. The third-order valence-electron chi connectivity index (χ3n) is 4.18. The summed E-state index contributed by atoms with van der Waals surface area (Å²) < 4.78 is 33.9. The van der Waals surface area contributed by atoms with Crippen molar-refractivity contribution in [1.82, 2.24) is 10.1 Å². The molecule has 5 nitrogen and oxygen atoms in total. The molecule has 0 bridgehead atoms. The normalized spacial score (nSPS) is 26.4. The molecule has 2 rings (SSSR count). The molecule has 21 heavy (non-hydrogen) atoms. The molecular weight excluding hydrogens is 280 g/mol. The fraction of sp³-hybridized carbons (Fsp3) is 0.857. The van der Waals surface area contributed by atoms with E-state index in [4.69, 9.17) is 15.0 Å². The smallest absolute Gasteiger partial charge is 0.261 e. The fourth-order valence-corrected chi connectivity index (χ4v) is 2.71. The molecule has 0 atom stereocenters. The molecule has 0 spiro atoms. The lowest BCUT2D eigenvalue weighted by atomic mass is 9.76. The number of nitrogens with zero attached hydrogens (tertiary/aromatic N) is 2. The van der Waals surface area contributed by atoms with E-state index < -0.39 is 18.6 Å². The van der Waals surface area contributed by atoms with Gasteiger partial charge in [-0.05, 0) is 31.6 Å². The molecule has 0 saturated heterocycles. The van der Waals surface area contributed by atoms with Gasteiger partial charge >= 0.3 is 0 Å². The summed E-state index contributed by atoms with van der Waals surface area (Å²) in [4.78, 5) is 4.30. The first-order valence-electron chi connectivity index (χ1n) is 7.51. The summed E-state index contributed by atoms with van der Waals surface area (Å²) in [6.07, 6.45) is 2.90. The molecule has 1 aliphatic rings. The van der Waals surface area contributed by atoms with Crippen LogP contribution in [-0.2, 0) is 16.7 Å². The van der Waals surface area contributed by atoms with E-state index in [1.807, 2.05) is 0 Å². The summed E-state index contributed by atoms with van der Waals surface area (Å²) in [5, 5.41) is 3.86. The highest BCUT2D eigenvalue weighted by atomic mass is 19.3. The minimum absolute atomic E-state index is 0.152. The van der Waals surface area contributed by atoms with E-state index in [0.717, 1.165) is 31.6 Å². The zero-order chi connectivity index (χ0) is 15.3. The zero-order valence-electron chi connectivity index (χ0n) is 12.4. The van der Waals surface area contributed by atoms with Crippen molar-refractivity contribution >= 4 is 0 Å². The lowest BCUT2D eigenvalue weighted by Gasteiger charge is -2.33. The van der Waals surface area contributed by atoms with Crippen molar-refractivity contribution in [2.24, 2.45) is 11.7 Å². The second-order valence-electron chi connectivity index (χ2n) is 5.74. The molecule has 1 heterocycles. The minimum Gasteiger partial charge on any atom is -0.375 e. The summed E-state index contributed by atoms with van der Waals surface area (Å²) in [6, 6.07) is 0. The Morgan fingerprint density at radius 3 is 2.76 bits per heavy atom. The van der Waals surface area contributed by atoms with Crippen molar-refractivity contribution in [3.8, 4) is 0 Å². The highest BCUT2D eigenvalue weighted by Gasteiger charge is 2.37. The molecule has 2 N–H and O–H groups in total. The Morgan fingerprint density at radius 1 is 1.43 bits per heavy atom. The lowest BCUT2D eigenvalue weighted by molar-refractivity contribution is 0.0182. The maximum atomic E-state index is 11.9. The van der Waals surface area contributed by atoms with Crippen LogP contribution in [-0.4, -0.2) is 29.8 Å². The number of alkyl halides is 2. The third-order valence-corrected chi connectivity index (χ3v) is 4.18. The number of ether oxygens (including phenoxy) is 1. The Bertz CT molecular complexity index is 432.